The molecule has 1 aromatic heterocycles. The van der Waals surface area contributed by atoms with Crippen LogP contribution in [0.3, 0.4) is 0 Å². The van der Waals surface area contributed by atoms with Crippen LogP contribution in [0.5, 0.6) is 0 Å². The quantitative estimate of drug-likeness (QED) is 0.927. The molecule has 0 bridgehead atoms. The van der Waals surface area contributed by atoms with Gasteiger partial charge in [0.05, 0.1) is 16.9 Å². The molecule has 2 atom stereocenters. The van der Waals surface area contributed by atoms with Crippen molar-refractivity contribution < 1.29 is 5.11 Å². The lowest BCUT2D eigenvalue weighted by molar-refractivity contribution is -0.0298. The van der Waals surface area contributed by atoms with Gasteiger partial charge >= 0.3 is 0 Å². The lowest BCUT2D eigenvalue weighted by atomic mass is 9.70. The smallest absolute Gasteiger partial charge is 0.114 e. The number of aromatic nitrogens is 2. The van der Waals surface area contributed by atoms with Gasteiger partial charge in [-0.15, -0.1) is 0 Å². The maximum absolute atomic E-state index is 11.5. The van der Waals surface area contributed by atoms with Gasteiger partial charge in [-0.1, -0.05) is 54.8 Å². The van der Waals surface area contributed by atoms with Crippen molar-refractivity contribution in [3.8, 4) is 0 Å². The zero-order valence-corrected chi connectivity index (χ0v) is 13.1. The molecule has 1 fully saturated rings. The van der Waals surface area contributed by atoms with Crippen LogP contribution in [-0.2, 0) is 12.1 Å². The first kappa shape index (κ1) is 14.6. The summed E-state index contributed by atoms with van der Waals surface area (Å²) in [6.45, 7) is 2.74. The fourth-order valence-corrected chi connectivity index (χ4v) is 3.90. The van der Waals surface area contributed by atoms with E-state index in [-0.39, 0.29) is 5.92 Å². The van der Waals surface area contributed by atoms with Gasteiger partial charge in [-0.2, -0.15) is 5.10 Å². The molecule has 3 nitrogen and oxygen atoms in total. The molecule has 1 aromatic carbocycles. The zero-order chi connectivity index (χ0) is 14.9. The third-order valence-electron chi connectivity index (χ3n) is 4.58. The third-order valence-corrected chi connectivity index (χ3v) is 4.86. The Morgan fingerprint density at radius 3 is 2.81 bits per heavy atom. The topological polar surface area (TPSA) is 38.0 Å². The van der Waals surface area contributed by atoms with Crippen LogP contribution >= 0.6 is 11.6 Å². The average molecular weight is 305 g/mol. The predicted molar refractivity (Wildman–Crippen MR) is 84.5 cm³/mol. The zero-order valence-electron chi connectivity index (χ0n) is 12.3. The SMILES string of the molecule is CCn1ncc(Cl)c1C1(O)CCCCC1c1ccccc1. The molecule has 0 saturated heterocycles. The minimum absolute atomic E-state index is 0.0759. The maximum atomic E-state index is 11.5. The molecular weight excluding hydrogens is 284 g/mol. The Hall–Kier alpha value is -1.32. The van der Waals surface area contributed by atoms with Crippen LogP contribution in [0.2, 0.25) is 5.02 Å². The second-order valence-corrected chi connectivity index (χ2v) is 6.20. The average Bonchev–Trinajstić information content (AvgIpc) is 2.90. The molecular formula is C17H21ClN2O. The van der Waals surface area contributed by atoms with Crippen molar-refractivity contribution in [2.45, 2.75) is 50.7 Å². The first-order chi connectivity index (χ1) is 10.2. The minimum atomic E-state index is -0.927. The van der Waals surface area contributed by atoms with Crippen molar-refractivity contribution in [1.82, 2.24) is 9.78 Å². The molecule has 21 heavy (non-hydrogen) atoms. The highest BCUT2D eigenvalue weighted by molar-refractivity contribution is 6.31. The third kappa shape index (κ3) is 2.49. The summed E-state index contributed by atoms with van der Waals surface area (Å²) in [5, 5.41) is 16.4. The molecule has 1 aliphatic carbocycles. The highest BCUT2D eigenvalue weighted by atomic mass is 35.5. The second kappa shape index (κ2) is 5.82. The van der Waals surface area contributed by atoms with E-state index < -0.39 is 5.60 Å². The second-order valence-electron chi connectivity index (χ2n) is 5.79. The number of aliphatic hydroxyl groups is 1. The van der Waals surface area contributed by atoms with Crippen LogP contribution in [0.25, 0.3) is 0 Å². The Labute approximate surface area is 130 Å². The van der Waals surface area contributed by atoms with Crippen molar-refractivity contribution in [1.29, 1.82) is 0 Å². The molecule has 0 aliphatic heterocycles. The van der Waals surface area contributed by atoms with Gasteiger partial charge in [0.25, 0.3) is 0 Å². The lowest BCUT2D eigenvalue weighted by Crippen LogP contribution is -2.38. The minimum Gasteiger partial charge on any atom is -0.383 e. The molecule has 2 unspecified atom stereocenters. The van der Waals surface area contributed by atoms with Gasteiger partial charge in [0.1, 0.15) is 5.60 Å². The van der Waals surface area contributed by atoms with Gasteiger partial charge in [-0.05, 0) is 25.3 Å². The standard InChI is InChI=1S/C17H21ClN2O/c1-2-20-16(15(18)12-19-20)17(21)11-7-6-10-14(17)13-8-4-3-5-9-13/h3-5,8-9,12,14,21H,2,6-7,10-11H2,1H3. The van der Waals surface area contributed by atoms with Gasteiger partial charge in [0.2, 0.25) is 0 Å². The summed E-state index contributed by atoms with van der Waals surface area (Å²) in [6, 6.07) is 10.3. The fraction of sp³-hybridized carbons (Fsp3) is 0.471. The Kier molecular flexibility index (Phi) is 4.05. The Balaban J connectivity index is 2.09. The highest BCUT2D eigenvalue weighted by Gasteiger charge is 2.44. The van der Waals surface area contributed by atoms with Crippen LogP contribution in [0.4, 0.5) is 0 Å². The first-order valence-corrected chi connectivity index (χ1v) is 8.03. The summed E-state index contributed by atoms with van der Waals surface area (Å²) in [6.07, 6.45) is 5.52. The van der Waals surface area contributed by atoms with E-state index in [1.165, 1.54) is 5.56 Å². The van der Waals surface area contributed by atoms with E-state index in [4.69, 9.17) is 11.6 Å². The summed E-state index contributed by atoms with van der Waals surface area (Å²) in [7, 11) is 0. The van der Waals surface area contributed by atoms with E-state index in [0.717, 1.165) is 31.4 Å². The van der Waals surface area contributed by atoms with Gasteiger partial charge in [-0.3, -0.25) is 4.68 Å². The van der Waals surface area contributed by atoms with Crippen LogP contribution in [0, 0.1) is 0 Å². The number of rotatable bonds is 3. The largest absolute Gasteiger partial charge is 0.383 e. The monoisotopic (exact) mass is 304 g/mol. The van der Waals surface area contributed by atoms with Crippen molar-refractivity contribution >= 4 is 11.6 Å². The van der Waals surface area contributed by atoms with E-state index in [1.807, 2.05) is 29.8 Å². The van der Waals surface area contributed by atoms with E-state index >= 15 is 0 Å². The van der Waals surface area contributed by atoms with Crippen LogP contribution in [-0.4, -0.2) is 14.9 Å². The number of benzene rings is 1. The van der Waals surface area contributed by atoms with Gasteiger partial charge in [0.15, 0.2) is 0 Å². The number of aryl methyl sites for hydroxylation is 1. The summed E-state index contributed by atoms with van der Waals surface area (Å²) in [5.74, 6) is 0.0759. The molecule has 4 heteroatoms. The molecule has 0 radical (unpaired) electrons. The Morgan fingerprint density at radius 2 is 2.10 bits per heavy atom. The van der Waals surface area contributed by atoms with E-state index in [2.05, 4.69) is 17.2 Å². The van der Waals surface area contributed by atoms with Crippen LogP contribution < -0.4 is 0 Å². The lowest BCUT2D eigenvalue weighted by Gasteiger charge is -2.40. The number of nitrogens with zero attached hydrogens (tertiary/aromatic N) is 2. The van der Waals surface area contributed by atoms with Crippen LogP contribution in [0.1, 0.15) is 49.8 Å². The van der Waals surface area contributed by atoms with Gasteiger partial charge in [0, 0.05) is 12.5 Å². The molecule has 2 aromatic rings. The maximum Gasteiger partial charge on any atom is 0.114 e. The van der Waals surface area contributed by atoms with Gasteiger partial charge < -0.3 is 5.11 Å². The molecule has 0 spiro atoms. The van der Waals surface area contributed by atoms with Crippen molar-refractivity contribution in [2.75, 3.05) is 0 Å². The van der Waals surface area contributed by atoms with Gasteiger partial charge in [-0.25, -0.2) is 0 Å². The molecule has 1 N–H and O–H groups in total. The summed E-state index contributed by atoms with van der Waals surface area (Å²) in [5.41, 5.74) is 1.03. The van der Waals surface area contributed by atoms with E-state index in [0.29, 0.717) is 11.6 Å². The van der Waals surface area contributed by atoms with Crippen molar-refractivity contribution in [2.24, 2.45) is 0 Å². The summed E-state index contributed by atoms with van der Waals surface area (Å²) < 4.78 is 1.84. The molecule has 1 aliphatic rings. The molecule has 1 heterocycles. The Bertz CT molecular complexity index is 611. The van der Waals surface area contributed by atoms with Crippen LogP contribution in [0.15, 0.2) is 36.5 Å². The molecule has 3 rings (SSSR count). The summed E-state index contributed by atoms with van der Waals surface area (Å²) in [4.78, 5) is 0. The molecule has 1 saturated carbocycles. The van der Waals surface area contributed by atoms with Crippen molar-refractivity contribution in [3.05, 3.63) is 52.8 Å². The normalized spacial score (nSPS) is 26.0. The fourth-order valence-electron chi connectivity index (χ4n) is 3.60. The Morgan fingerprint density at radius 1 is 1.33 bits per heavy atom. The summed E-state index contributed by atoms with van der Waals surface area (Å²) >= 11 is 6.36. The number of hydrogen-bond donors (Lipinski definition) is 1. The molecule has 0 amide bonds. The number of hydrogen-bond acceptors (Lipinski definition) is 2. The highest BCUT2D eigenvalue weighted by Crippen LogP contribution is 2.49. The number of halogens is 1. The van der Waals surface area contributed by atoms with Crippen molar-refractivity contribution in [3.63, 3.8) is 0 Å². The van der Waals surface area contributed by atoms with E-state index in [1.54, 1.807) is 6.20 Å². The predicted octanol–water partition coefficient (Wildman–Crippen LogP) is 4.10. The first-order valence-electron chi connectivity index (χ1n) is 7.66. The van der Waals surface area contributed by atoms with E-state index in [9.17, 15) is 5.11 Å². The molecule has 112 valence electrons.